The molecule has 0 aliphatic heterocycles. The van der Waals surface area contributed by atoms with Gasteiger partial charge in [0, 0.05) is 24.3 Å². The maximum Gasteiger partial charge on any atom is 0.255 e. The van der Waals surface area contributed by atoms with E-state index >= 15 is 0 Å². The molecule has 0 atom stereocenters. The van der Waals surface area contributed by atoms with Crippen molar-refractivity contribution < 1.29 is 35.1 Å². The van der Waals surface area contributed by atoms with Gasteiger partial charge in [-0.05, 0) is 25.7 Å². The lowest BCUT2D eigenvalue weighted by Gasteiger charge is -2.07. The first kappa shape index (κ1) is 30.2. The molecule has 0 fully saturated rings. The van der Waals surface area contributed by atoms with Gasteiger partial charge in [-0.3, -0.25) is 0 Å². The number of unbranched alkanes of at least 4 members (excludes halogenated alkanes) is 1. The lowest BCUT2D eigenvalue weighted by molar-refractivity contribution is -0.678. The van der Waals surface area contributed by atoms with Crippen LogP contribution in [0.5, 0.6) is 0 Å². The summed E-state index contributed by atoms with van der Waals surface area (Å²) in [6.07, 6.45) is 12.9. The molecule has 0 radical (unpaired) electrons. The Balaban J connectivity index is 0.000000452. The second kappa shape index (κ2) is 14.4. The summed E-state index contributed by atoms with van der Waals surface area (Å²) in [6, 6.07) is 0. The molecule has 0 aromatic carbocycles. The van der Waals surface area contributed by atoms with Crippen molar-refractivity contribution >= 4 is 20.2 Å². The molecular formula is C20H38N4O6S2. The largest absolute Gasteiger partial charge is 0.748 e. The zero-order valence-electron chi connectivity index (χ0n) is 20.0. The van der Waals surface area contributed by atoms with Gasteiger partial charge in [-0.15, -0.1) is 0 Å². The Morgan fingerprint density at radius 1 is 0.750 bits per heavy atom. The van der Waals surface area contributed by atoms with Crippen molar-refractivity contribution in [1.82, 2.24) is 9.13 Å². The summed E-state index contributed by atoms with van der Waals surface area (Å²) < 4.78 is 68.5. The van der Waals surface area contributed by atoms with Gasteiger partial charge in [-0.25, -0.2) is 35.1 Å². The molecule has 32 heavy (non-hydrogen) atoms. The van der Waals surface area contributed by atoms with Crippen molar-refractivity contribution in [2.75, 3.05) is 11.5 Å². The van der Waals surface area contributed by atoms with Crippen LogP contribution in [0, 0.1) is 0 Å². The Bertz CT molecular complexity index is 890. The Kier molecular flexibility index (Phi) is 13.6. The van der Waals surface area contributed by atoms with E-state index in [9.17, 15) is 25.9 Å². The predicted octanol–water partition coefficient (Wildman–Crippen LogP) is 0.461. The number of imidazole rings is 2. The third-order valence-electron chi connectivity index (χ3n) is 4.64. The standard InChI is InChI=1S/2C8H15N2.C4H10O6S2/c2*1-4-5-8-9(2)6-7-10(8)3;5-11(6,7)3-1-2-4-12(8,9)10/h2*6-7H,4-5H2,1-3H3;1-4H2,(H,5,6,7)(H,8,9,10)/q2*+1;/p-2. The maximum atomic E-state index is 9.97. The molecule has 0 amide bonds. The second-order valence-electron chi connectivity index (χ2n) is 7.60. The molecule has 186 valence electrons. The fourth-order valence-corrected chi connectivity index (χ4v) is 4.07. The van der Waals surface area contributed by atoms with Gasteiger partial charge in [-0.2, -0.15) is 0 Å². The molecule has 0 spiro atoms. The van der Waals surface area contributed by atoms with Crippen molar-refractivity contribution in [3.05, 3.63) is 36.4 Å². The molecule has 0 unspecified atom stereocenters. The van der Waals surface area contributed by atoms with E-state index in [1.54, 1.807) is 0 Å². The first-order chi connectivity index (χ1) is 14.7. The van der Waals surface area contributed by atoms with Gasteiger partial charge in [-0.1, -0.05) is 13.8 Å². The van der Waals surface area contributed by atoms with E-state index in [0.717, 1.165) is 0 Å². The Labute approximate surface area is 193 Å². The summed E-state index contributed by atoms with van der Waals surface area (Å²) in [5, 5.41) is 0. The van der Waals surface area contributed by atoms with Gasteiger partial charge in [0.05, 0.1) is 48.4 Å². The minimum Gasteiger partial charge on any atom is -0.748 e. The second-order valence-corrected chi connectivity index (χ2v) is 10.7. The highest BCUT2D eigenvalue weighted by Crippen LogP contribution is 1.97. The van der Waals surface area contributed by atoms with Crippen LogP contribution in [-0.2, 0) is 61.3 Å². The van der Waals surface area contributed by atoms with Crippen LogP contribution in [0.1, 0.15) is 51.2 Å². The molecule has 0 aliphatic carbocycles. The molecule has 0 bridgehead atoms. The Morgan fingerprint density at radius 2 is 1.06 bits per heavy atom. The van der Waals surface area contributed by atoms with Crippen molar-refractivity contribution in [2.24, 2.45) is 28.2 Å². The van der Waals surface area contributed by atoms with Crippen LogP contribution in [0.25, 0.3) is 0 Å². The van der Waals surface area contributed by atoms with Gasteiger partial charge in [0.2, 0.25) is 0 Å². The van der Waals surface area contributed by atoms with Gasteiger partial charge in [0.25, 0.3) is 11.6 Å². The van der Waals surface area contributed by atoms with Gasteiger partial charge in [0.1, 0.15) is 24.8 Å². The molecule has 10 nitrogen and oxygen atoms in total. The molecule has 2 rings (SSSR count). The van der Waals surface area contributed by atoms with Crippen molar-refractivity contribution in [3.8, 4) is 0 Å². The van der Waals surface area contributed by atoms with Gasteiger partial charge in [0.15, 0.2) is 0 Å². The number of nitrogens with zero attached hydrogens (tertiary/aromatic N) is 4. The summed E-state index contributed by atoms with van der Waals surface area (Å²) in [5.74, 6) is 1.54. The number of rotatable bonds is 9. The molecule has 0 saturated heterocycles. The zero-order valence-corrected chi connectivity index (χ0v) is 21.7. The van der Waals surface area contributed by atoms with E-state index in [1.165, 1.54) is 37.3 Å². The third kappa shape index (κ3) is 13.6. The summed E-state index contributed by atoms with van der Waals surface area (Å²) in [7, 11) is -0.224. The van der Waals surface area contributed by atoms with Crippen LogP contribution in [0.15, 0.2) is 24.8 Å². The van der Waals surface area contributed by atoms with E-state index < -0.39 is 31.7 Å². The molecule has 2 heterocycles. The normalized spacial score (nSPS) is 11.4. The highest BCUT2D eigenvalue weighted by molar-refractivity contribution is 7.86. The fraction of sp³-hybridized carbons (Fsp3) is 0.700. The molecule has 2 aromatic rings. The van der Waals surface area contributed by atoms with E-state index in [2.05, 4.69) is 85.1 Å². The molecule has 12 heteroatoms. The van der Waals surface area contributed by atoms with Crippen LogP contribution in [0.2, 0.25) is 0 Å². The average Bonchev–Trinajstić information content (AvgIpc) is 3.16. The highest BCUT2D eigenvalue weighted by atomic mass is 32.2. The minimum atomic E-state index is -4.29. The first-order valence-corrected chi connectivity index (χ1v) is 13.7. The molecule has 0 aliphatic rings. The highest BCUT2D eigenvalue weighted by Gasteiger charge is 2.08. The zero-order chi connectivity index (χ0) is 24.9. The monoisotopic (exact) mass is 494 g/mol. The summed E-state index contributed by atoms with van der Waals surface area (Å²) >= 11 is 0. The topological polar surface area (TPSA) is 132 Å². The molecule has 0 saturated carbocycles. The summed E-state index contributed by atoms with van der Waals surface area (Å²) in [4.78, 5) is 0. The van der Waals surface area contributed by atoms with Crippen LogP contribution in [0.4, 0.5) is 0 Å². The molecule has 0 N–H and O–H groups in total. The third-order valence-corrected chi connectivity index (χ3v) is 6.22. The van der Waals surface area contributed by atoms with E-state index in [0.29, 0.717) is 0 Å². The Hall–Kier alpha value is -1.76. The summed E-state index contributed by atoms with van der Waals surface area (Å²) in [6.45, 7) is 4.40. The first-order valence-electron chi connectivity index (χ1n) is 10.6. The van der Waals surface area contributed by atoms with Crippen molar-refractivity contribution in [1.29, 1.82) is 0 Å². The quantitative estimate of drug-likeness (QED) is 0.283. The van der Waals surface area contributed by atoms with Crippen LogP contribution >= 0.6 is 0 Å². The van der Waals surface area contributed by atoms with Gasteiger partial charge >= 0.3 is 0 Å². The number of hydrogen-bond donors (Lipinski definition) is 0. The maximum absolute atomic E-state index is 9.97. The minimum absolute atomic E-state index is 0.0900. The average molecular weight is 495 g/mol. The fourth-order valence-electron chi connectivity index (χ4n) is 2.95. The van der Waals surface area contributed by atoms with Crippen molar-refractivity contribution in [2.45, 2.75) is 52.4 Å². The number of hydrogen-bond acceptors (Lipinski definition) is 6. The Morgan fingerprint density at radius 3 is 1.25 bits per heavy atom. The van der Waals surface area contributed by atoms with E-state index in [1.807, 2.05) is 0 Å². The van der Waals surface area contributed by atoms with Gasteiger partial charge < -0.3 is 9.11 Å². The SMILES string of the molecule is CCCc1n(C)cc[n+]1C.CCCc1n(C)cc[n+]1C.O=S(=O)([O-])CCCCS(=O)(=O)[O-]. The van der Waals surface area contributed by atoms with Crippen LogP contribution < -0.4 is 9.13 Å². The van der Waals surface area contributed by atoms with Crippen LogP contribution in [-0.4, -0.2) is 46.6 Å². The van der Waals surface area contributed by atoms with E-state index in [4.69, 9.17) is 0 Å². The lowest BCUT2D eigenvalue weighted by Crippen LogP contribution is -2.31. The van der Waals surface area contributed by atoms with Crippen molar-refractivity contribution in [3.63, 3.8) is 0 Å². The smallest absolute Gasteiger partial charge is 0.255 e. The van der Waals surface area contributed by atoms with Crippen LogP contribution in [0.3, 0.4) is 0 Å². The number of aryl methyl sites for hydroxylation is 4. The lowest BCUT2D eigenvalue weighted by atomic mass is 10.3. The predicted molar refractivity (Wildman–Crippen MR) is 120 cm³/mol. The number of aromatic nitrogens is 4. The molecular weight excluding hydrogens is 456 g/mol. The van der Waals surface area contributed by atoms with E-state index in [-0.39, 0.29) is 12.8 Å². The summed E-state index contributed by atoms with van der Waals surface area (Å²) in [5.41, 5.74) is 0. The molecule has 2 aromatic heterocycles.